The molecule has 2 nitrogen and oxygen atoms in total. The van der Waals surface area contributed by atoms with E-state index in [9.17, 15) is 0 Å². The monoisotopic (exact) mass is 247 g/mol. The van der Waals surface area contributed by atoms with Gasteiger partial charge >= 0.3 is 0 Å². The van der Waals surface area contributed by atoms with Gasteiger partial charge in [-0.25, -0.2) is 0 Å². The van der Waals surface area contributed by atoms with E-state index in [1.807, 2.05) is 18.2 Å². The van der Waals surface area contributed by atoms with Crippen LogP contribution in [0.4, 0.5) is 0 Å². The molecule has 0 saturated carbocycles. The second-order valence-corrected chi connectivity index (χ2v) is 10.1. The normalized spacial score (nSPS) is 12.8. The van der Waals surface area contributed by atoms with Gasteiger partial charge in [0, 0.05) is 11.6 Å². The van der Waals surface area contributed by atoms with E-state index in [2.05, 4.69) is 37.2 Å². The predicted molar refractivity (Wildman–Crippen MR) is 75.4 cm³/mol. The van der Waals surface area contributed by atoms with E-state index in [0.29, 0.717) is 6.42 Å². The van der Waals surface area contributed by atoms with Crippen LogP contribution in [0.3, 0.4) is 0 Å². The summed E-state index contributed by atoms with van der Waals surface area (Å²) in [4.78, 5) is 0. The molecule has 0 heterocycles. The molecule has 0 aliphatic rings. The highest BCUT2D eigenvalue weighted by Gasteiger charge is 2.07. The molecule has 17 heavy (non-hydrogen) atoms. The van der Waals surface area contributed by atoms with Gasteiger partial charge < -0.3 is 10.8 Å². The molecule has 3 heteroatoms. The van der Waals surface area contributed by atoms with Crippen LogP contribution in [-0.2, 0) is 6.42 Å². The summed E-state index contributed by atoms with van der Waals surface area (Å²) in [6, 6.07) is 7.90. The lowest BCUT2D eigenvalue weighted by atomic mass is 10.0. The van der Waals surface area contributed by atoms with Crippen LogP contribution in [0, 0.1) is 11.5 Å². The van der Waals surface area contributed by atoms with Gasteiger partial charge in [-0.1, -0.05) is 37.7 Å². The number of hydrogen-bond acceptors (Lipinski definition) is 2. The highest BCUT2D eigenvalue weighted by Crippen LogP contribution is 2.07. The third-order valence-corrected chi connectivity index (χ3v) is 3.12. The molecule has 0 radical (unpaired) electrons. The van der Waals surface area contributed by atoms with E-state index in [1.54, 1.807) is 0 Å². The summed E-state index contributed by atoms with van der Waals surface area (Å²) in [5.41, 5.74) is 11.2. The molecule has 1 atom stereocenters. The second kappa shape index (κ2) is 6.01. The van der Waals surface area contributed by atoms with E-state index in [1.165, 1.54) is 0 Å². The minimum atomic E-state index is -1.32. The third kappa shape index (κ3) is 5.69. The Morgan fingerprint density at radius 2 is 2.06 bits per heavy atom. The molecule has 0 saturated heterocycles. The first-order valence-electron chi connectivity index (χ1n) is 5.89. The Morgan fingerprint density at radius 1 is 1.35 bits per heavy atom. The molecule has 92 valence electrons. The van der Waals surface area contributed by atoms with Gasteiger partial charge in [0.05, 0.1) is 6.61 Å². The molecule has 1 aromatic carbocycles. The van der Waals surface area contributed by atoms with Gasteiger partial charge in [0.2, 0.25) is 0 Å². The summed E-state index contributed by atoms with van der Waals surface area (Å²) in [5, 5.41) is 8.93. The molecular formula is C14H21NOSi. The molecule has 0 fully saturated rings. The van der Waals surface area contributed by atoms with Crippen molar-refractivity contribution < 1.29 is 5.11 Å². The van der Waals surface area contributed by atoms with Gasteiger partial charge in [0.25, 0.3) is 0 Å². The van der Waals surface area contributed by atoms with Gasteiger partial charge in [0.15, 0.2) is 0 Å². The molecule has 0 bridgehead atoms. The maximum Gasteiger partial charge on any atom is 0.129 e. The number of benzene rings is 1. The van der Waals surface area contributed by atoms with Crippen molar-refractivity contribution in [2.75, 3.05) is 6.61 Å². The van der Waals surface area contributed by atoms with Crippen molar-refractivity contribution in [3.63, 3.8) is 0 Å². The maximum atomic E-state index is 8.93. The molecule has 0 aliphatic heterocycles. The van der Waals surface area contributed by atoms with Crippen molar-refractivity contribution in [2.24, 2.45) is 5.73 Å². The first kappa shape index (κ1) is 14.0. The van der Waals surface area contributed by atoms with Gasteiger partial charge in [-0.15, -0.1) is 5.54 Å². The van der Waals surface area contributed by atoms with E-state index in [4.69, 9.17) is 10.8 Å². The van der Waals surface area contributed by atoms with E-state index >= 15 is 0 Å². The van der Waals surface area contributed by atoms with Crippen LogP contribution in [0.15, 0.2) is 24.3 Å². The minimum Gasteiger partial charge on any atom is -0.395 e. The number of rotatable bonds is 3. The van der Waals surface area contributed by atoms with Crippen molar-refractivity contribution >= 4 is 8.07 Å². The topological polar surface area (TPSA) is 46.2 Å². The number of nitrogens with two attached hydrogens (primary N) is 1. The van der Waals surface area contributed by atoms with Crippen LogP contribution in [0.1, 0.15) is 11.1 Å². The smallest absolute Gasteiger partial charge is 0.129 e. The molecule has 1 aromatic rings. The molecular weight excluding hydrogens is 226 g/mol. The second-order valence-electron chi connectivity index (χ2n) is 5.35. The third-order valence-electron chi connectivity index (χ3n) is 2.24. The molecule has 1 rings (SSSR count). The summed E-state index contributed by atoms with van der Waals surface area (Å²) in [6.45, 7) is 6.70. The largest absolute Gasteiger partial charge is 0.395 e. The summed E-state index contributed by atoms with van der Waals surface area (Å²) in [5.74, 6) is 3.22. The predicted octanol–water partition coefficient (Wildman–Crippen LogP) is 1.78. The fourth-order valence-electron chi connectivity index (χ4n) is 1.40. The Kier molecular flexibility index (Phi) is 4.95. The standard InChI is InChI=1S/C14H21NOSi/c1-17(2,3)8-7-12-5-4-6-13(9-12)10-14(15)11-16/h4-6,9,14,16H,10-11,15H2,1-3H3. The van der Waals surface area contributed by atoms with Crippen LogP contribution in [0.5, 0.6) is 0 Å². The quantitative estimate of drug-likeness (QED) is 0.632. The average Bonchev–Trinajstić information content (AvgIpc) is 2.26. The molecule has 3 N–H and O–H groups in total. The zero-order chi connectivity index (χ0) is 12.9. The summed E-state index contributed by atoms with van der Waals surface area (Å²) < 4.78 is 0. The van der Waals surface area contributed by atoms with Crippen molar-refractivity contribution in [3.05, 3.63) is 35.4 Å². The Balaban J connectivity index is 2.82. The van der Waals surface area contributed by atoms with Gasteiger partial charge in [-0.2, -0.15) is 0 Å². The Labute approximate surface area is 105 Å². The molecule has 0 amide bonds. The fraction of sp³-hybridized carbons (Fsp3) is 0.429. The van der Waals surface area contributed by atoms with Crippen molar-refractivity contribution in [2.45, 2.75) is 32.1 Å². The summed E-state index contributed by atoms with van der Waals surface area (Å²) in [7, 11) is -1.32. The summed E-state index contributed by atoms with van der Waals surface area (Å²) in [6.07, 6.45) is 0.693. The molecule has 0 aromatic heterocycles. The lowest BCUT2D eigenvalue weighted by Gasteiger charge is -2.08. The van der Waals surface area contributed by atoms with Gasteiger partial charge in [-0.3, -0.25) is 0 Å². The zero-order valence-electron chi connectivity index (χ0n) is 10.8. The van der Waals surface area contributed by atoms with Crippen molar-refractivity contribution in [1.82, 2.24) is 0 Å². The maximum absolute atomic E-state index is 8.93. The van der Waals surface area contributed by atoms with Crippen molar-refractivity contribution in [3.8, 4) is 11.5 Å². The van der Waals surface area contributed by atoms with Crippen LogP contribution < -0.4 is 5.73 Å². The zero-order valence-corrected chi connectivity index (χ0v) is 11.8. The lowest BCUT2D eigenvalue weighted by molar-refractivity contribution is 0.265. The van der Waals surface area contributed by atoms with E-state index < -0.39 is 8.07 Å². The van der Waals surface area contributed by atoms with Crippen LogP contribution in [-0.4, -0.2) is 25.8 Å². The molecule has 1 unspecified atom stereocenters. The highest BCUT2D eigenvalue weighted by atomic mass is 28.3. The van der Waals surface area contributed by atoms with Crippen molar-refractivity contribution in [1.29, 1.82) is 0 Å². The van der Waals surface area contributed by atoms with Crippen LogP contribution in [0.2, 0.25) is 19.6 Å². The van der Waals surface area contributed by atoms with Gasteiger partial charge in [-0.05, 0) is 24.1 Å². The Morgan fingerprint density at radius 3 is 2.65 bits per heavy atom. The highest BCUT2D eigenvalue weighted by molar-refractivity contribution is 6.83. The summed E-state index contributed by atoms with van der Waals surface area (Å²) >= 11 is 0. The Hall–Kier alpha value is -1.08. The number of aliphatic hydroxyl groups is 1. The lowest BCUT2D eigenvalue weighted by Crippen LogP contribution is -2.26. The van der Waals surface area contributed by atoms with Crippen LogP contribution >= 0.6 is 0 Å². The van der Waals surface area contributed by atoms with E-state index in [-0.39, 0.29) is 12.6 Å². The number of hydrogen-bond donors (Lipinski definition) is 2. The first-order valence-corrected chi connectivity index (χ1v) is 9.39. The SMILES string of the molecule is C[Si](C)(C)C#Cc1cccc(CC(N)CO)c1. The minimum absolute atomic E-state index is 0.0187. The van der Waals surface area contributed by atoms with Crippen LogP contribution in [0.25, 0.3) is 0 Å². The molecule has 0 spiro atoms. The molecule has 0 aliphatic carbocycles. The Bertz CT molecular complexity index is 426. The van der Waals surface area contributed by atoms with E-state index in [0.717, 1.165) is 11.1 Å². The average molecular weight is 247 g/mol. The first-order chi connectivity index (χ1) is 7.90. The van der Waals surface area contributed by atoms with Gasteiger partial charge in [0.1, 0.15) is 8.07 Å². The fourth-order valence-corrected chi connectivity index (χ4v) is 1.92. The number of aliphatic hydroxyl groups excluding tert-OH is 1.